The lowest BCUT2D eigenvalue weighted by atomic mass is 10.2. The third-order valence-electron chi connectivity index (χ3n) is 1.95. The summed E-state index contributed by atoms with van der Waals surface area (Å²) >= 11 is 0. The van der Waals surface area contributed by atoms with E-state index in [4.69, 9.17) is 9.47 Å². The zero-order valence-corrected chi connectivity index (χ0v) is 9.54. The number of rotatable bonds is 8. The molecule has 0 aliphatic carbocycles. The Bertz CT molecular complexity index is 145. The topological polar surface area (TPSA) is 35.5 Å². The van der Waals surface area contributed by atoms with Gasteiger partial charge in [-0.3, -0.25) is 4.79 Å². The zero-order valence-electron chi connectivity index (χ0n) is 9.54. The Morgan fingerprint density at radius 3 is 2.57 bits per heavy atom. The van der Waals surface area contributed by atoms with Crippen molar-refractivity contribution in [1.82, 2.24) is 0 Å². The van der Waals surface area contributed by atoms with E-state index in [0.29, 0.717) is 13.2 Å². The Kier molecular flexibility index (Phi) is 8.64. The van der Waals surface area contributed by atoms with Crippen molar-refractivity contribution < 1.29 is 14.3 Å². The monoisotopic (exact) mass is 202 g/mol. The fraction of sp³-hybridized carbons (Fsp3) is 0.909. The van der Waals surface area contributed by atoms with E-state index in [2.05, 4.69) is 6.92 Å². The van der Waals surface area contributed by atoms with E-state index < -0.39 is 0 Å². The van der Waals surface area contributed by atoms with Crippen LogP contribution in [0.4, 0.5) is 0 Å². The summed E-state index contributed by atoms with van der Waals surface area (Å²) in [6.07, 6.45) is 3.45. The number of ether oxygens (including phenoxy) is 2. The summed E-state index contributed by atoms with van der Waals surface area (Å²) in [6, 6.07) is 0. The fourth-order valence-corrected chi connectivity index (χ4v) is 1.07. The first-order valence-corrected chi connectivity index (χ1v) is 5.46. The molecule has 0 heterocycles. The van der Waals surface area contributed by atoms with E-state index in [1.165, 1.54) is 12.8 Å². The van der Waals surface area contributed by atoms with Gasteiger partial charge in [0.25, 0.3) is 0 Å². The third-order valence-corrected chi connectivity index (χ3v) is 1.95. The van der Waals surface area contributed by atoms with Crippen LogP contribution in [0.5, 0.6) is 0 Å². The first-order valence-electron chi connectivity index (χ1n) is 5.46. The molecule has 3 heteroatoms. The molecule has 0 fully saturated rings. The summed E-state index contributed by atoms with van der Waals surface area (Å²) in [6.45, 7) is 7.46. The molecule has 0 aliphatic rings. The highest BCUT2D eigenvalue weighted by Gasteiger charge is 2.13. The SMILES string of the molecule is CCCCCOCC(C)C(=O)OCC. The van der Waals surface area contributed by atoms with Gasteiger partial charge in [-0.15, -0.1) is 0 Å². The minimum atomic E-state index is -0.164. The van der Waals surface area contributed by atoms with Crippen molar-refractivity contribution in [3.8, 4) is 0 Å². The van der Waals surface area contributed by atoms with Gasteiger partial charge in [-0.1, -0.05) is 19.8 Å². The van der Waals surface area contributed by atoms with Crippen LogP contribution in [0.15, 0.2) is 0 Å². The molecule has 1 unspecified atom stereocenters. The number of esters is 1. The van der Waals surface area contributed by atoms with Crippen molar-refractivity contribution in [1.29, 1.82) is 0 Å². The molecule has 0 radical (unpaired) electrons. The number of unbranched alkanes of at least 4 members (excludes halogenated alkanes) is 2. The molecule has 0 saturated carbocycles. The van der Waals surface area contributed by atoms with Gasteiger partial charge in [0.15, 0.2) is 0 Å². The van der Waals surface area contributed by atoms with Crippen LogP contribution in [0.2, 0.25) is 0 Å². The molecule has 0 rings (SSSR count). The predicted molar refractivity (Wildman–Crippen MR) is 56.1 cm³/mol. The summed E-state index contributed by atoms with van der Waals surface area (Å²) < 4.78 is 10.2. The van der Waals surface area contributed by atoms with E-state index in [9.17, 15) is 4.79 Å². The quantitative estimate of drug-likeness (QED) is 0.448. The molecule has 14 heavy (non-hydrogen) atoms. The van der Waals surface area contributed by atoms with Gasteiger partial charge in [-0.2, -0.15) is 0 Å². The highest BCUT2D eigenvalue weighted by atomic mass is 16.5. The molecule has 0 amide bonds. The Hall–Kier alpha value is -0.570. The van der Waals surface area contributed by atoms with Crippen molar-refractivity contribution >= 4 is 5.97 Å². The minimum absolute atomic E-state index is 0.142. The highest BCUT2D eigenvalue weighted by molar-refractivity contribution is 5.72. The summed E-state index contributed by atoms with van der Waals surface area (Å²) in [5, 5.41) is 0. The summed E-state index contributed by atoms with van der Waals surface area (Å²) in [7, 11) is 0. The first-order chi connectivity index (χ1) is 6.72. The van der Waals surface area contributed by atoms with E-state index in [0.717, 1.165) is 13.0 Å². The maximum Gasteiger partial charge on any atom is 0.310 e. The first kappa shape index (κ1) is 13.4. The molecule has 0 N–H and O–H groups in total. The standard InChI is InChI=1S/C11H22O3/c1-4-6-7-8-13-9-10(3)11(12)14-5-2/h10H,4-9H2,1-3H3. The lowest BCUT2D eigenvalue weighted by Gasteiger charge is -2.10. The van der Waals surface area contributed by atoms with E-state index in [1.807, 2.05) is 13.8 Å². The maximum absolute atomic E-state index is 11.2. The molecular weight excluding hydrogens is 180 g/mol. The van der Waals surface area contributed by atoms with Gasteiger partial charge in [-0.25, -0.2) is 0 Å². The average Bonchev–Trinajstić information content (AvgIpc) is 2.17. The average molecular weight is 202 g/mol. The summed E-state index contributed by atoms with van der Waals surface area (Å²) in [5.74, 6) is -0.306. The van der Waals surface area contributed by atoms with Crippen LogP contribution in [-0.2, 0) is 14.3 Å². The normalized spacial score (nSPS) is 12.5. The van der Waals surface area contributed by atoms with E-state index >= 15 is 0 Å². The predicted octanol–water partition coefficient (Wildman–Crippen LogP) is 2.39. The Balaban J connectivity index is 3.34. The van der Waals surface area contributed by atoms with Crippen molar-refractivity contribution in [2.75, 3.05) is 19.8 Å². The van der Waals surface area contributed by atoms with Gasteiger partial charge < -0.3 is 9.47 Å². The summed E-state index contributed by atoms with van der Waals surface area (Å²) in [4.78, 5) is 11.2. The van der Waals surface area contributed by atoms with Gasteiger partial charge in [-0.05, 0) is 20.3 Å². The largest absolute Gasteiger partial charge is 0.466 e. The van der Waals surface area contributed by atoms with Crippen molar-refractivity contribution in [2.45, 2.75) is 40.0 Å². The van der Waals surface area contributed by atoms with Gasteiger partial charge in [0.1, 0.15) is 0 Å². The maximum atomic E-state index is 11.2. The molecule has 1 atom stereocenters. The van der Waals surface area contributed by atoms with Crippen LogP contribution >= 0.6 is 0 Å². The smallest absolute Gasteiger partial charge is 0.310 e. The van der Waals surface area contributed by atoms with Gasteiger partial charge >= 0.3 is 5.97 Å². The van der Waals surface area contributed by atoms with Crippen LogP contribution in [0.3, 0.4) is 0 Å². The molecule has 3 nitrogen and oxygen atoms in total. The highest BCUT2D eigenvalue weighted by Crippen LogP contribution is 2.01. The van der Waals surface area contributed by atoms with Gasteiger partial charge in [0.05, 0.1) is 19.1 Å². The second-order valence-corrected chi connectivity index (χ2v) is 3.44. The lowest BCUT2D eigenvalue weighted by Crippen LogP contribution is -2.20. The second kappa shape index (κ2) is 9.00. The van der Waals surface area contributed by atoms with Crippen molar-refractivity contribution in [2.24, 2.45) is 5.92 Å². The van der Waals surface area contributed by atoms with Crippen LogP contribution in [0.1, 0.15) is 40.0 Å². The fourth-order valence-electron chi connectivity index (χ4n) is 1.07. The summed E-state index contributed by atoms with van der Waals surface area (Å²) in [5.41, 5.74) is 0. The van der Waals surface area contributed by atoms with Gasteiger partial charge in [0, 0.05) is 6.61 Å². The number of carbonyl (C=O) groups excluding carboxylic acids is 1. The molecule has 0 aliphatic heterocycles. The van der Waals surface area contributed by atoms with Crippen LogP contribution in [0.25, 0.3) is 0 Å². The van der Waals surface area contributed by atoms with Crippen LogP contribution in [0, 0.1) is 5.92 Å². The molecule has 84 valence electrons. The number of hydrogen-bond donors (Lipinski definition) is 0. The van der Waals surface area contributed by atoms with Gasteiger partial charge in [0.2, 0.25) is 0 Å². The third kappa shape index (κ3) is 6.89. The van der Waals surface area contributed by atoms with Crippen LogP contribution in [-0.4, -0.2) is 25.8 Å². The molecular formula is C11H22O3. The number of carbonyl (C=O) groups is 1. The Labute approximate surface area is 86.8 Å². The van der Waals surface area contributed by atoms with E-state index in [-0.39, 0.29) is 11.9 Å². The molecule has 0 aromatic rings. The van der Waals surface area contributed by atoms with Crippen molar-refractivity contribution in [3.05, 3.63) is 0 Å². The second-order valence-electron chi connectivity index (χ2n) is 3.44. The molecule has 0 aromatic heterocycles. The van der Waals surface area contributed by atoms with E-state index in [1.54, 1.807) is 0 Å². The molecule has 0 spiro atoms. The lowest BCUT2D eigenvalue weighted by molar-refractivity contribution is -0.149. The zero-order chi connectivity index (χ0) is 10.8. The van der Waals surface area contributed by atoms with Crippen LogP contribution < -0.4 is 0 Å². The molecule has 0 bridgehead atoms. The Morgan fingerprint density at radius 2 is 2.00 bits per heavy atom. The molecule has 0 saturated heterocycles. The van der Waals surface area contributed by atoms with Crippen molar-refractivity contribution in [3.63, 3.8) is 0 Å². The number of hydrogen-bond acceptors (Lipinski definition) is 3. The Morgan fingerprint density at radius 1 is 1.29 bits per heavy atom. The molecule has 0 aromatic carbocycles. The minimum Gasteiger partial charge on any atom is -0.466 e.